The first-order chi connectivity index (χ1) is 15.9. The predicted molar refractivity (Wildman–Crippen MR) is 124 cm³/mol. The maximum absolute atomic E-state index is 13.6. The Bertz CT molecular complexity index is 1160. The van der Waals surface area contributed by atoms with Gasteiger partial charge in [-0.05, 0) is 25.0 Å². The summed E-state index contributed by atoms with van der Waals surface area (Å²) in [6.07, 6.45) is 1.50. The van der Waals surface area contributed by atoms with E-state index in [4.69, 9.17) is 14.2 Å². The summed E-state index contributed by atoms with van der Waals surface area (Å²) in [6.45, 7) is 0. The van der Waals surface area contributed by atoms with Gasteiger partial charge < -0.3 is 19.5 Å². The number of aromatic nitrogens is 3. The molecule has 4 rings (SSSR count). The fourth-order valence-corrected chi connectivity index (χ4v) is 3.67. The highest BCUT2D eigenvalue weighted by Crippen LogP contribution is 2.40. The van der Waals surface area contributed by atoms with Gasteiger partial charge in [0.05, 0.1) is 33.6 Å². The molecule has 0 radical (unpaired) electrons. The number of hydrogen-bond acceptors (Lipinski definition) is 9. The van der Waals surface area contributed by atoms with Gasteiger partial charge in [-0.2, -0.15) is 0 Å². The van der Waals surface area contributed by atoms with Crippen LogP contribution in [0, 0.1) is 0 Å². The van der Waals surface area contributed by atoms with E-state index in [2.05, 4.69) is 38.4 Å². The van der Waals surface area contributed by atoms with Crippen LogP contribution in [0.15, 0.2) is 30.5 Å². The lowest BCUT2D eigenvalue weighted by Crippen LogP contribution is -2.48. The van der Waals surface area contributed by atoms with Crippen molar-refractivity contribution in [2.24, 2.45) is 0 Å². The van der Waals surface area contributed by atoms with Crippen LogP contribution >= 0.6 is 12.8 Å². The van der Waals surface area contributed by atoms with Gasteiger partial charge in [0.2, 0.25) is 5.75 Å². The fourth-order valence-electron chi connectivity index (χ4n) is 3.36. The van der Waals surface area contributed by atoms with E-state index in [0.717, 1.165) is 4.31 Å². The summed E-state index contributed by atoms with van der Waals surface area (Å²) in [5, 5.41) is 5.74. The van der Waals surface area contributed by atoms with E-state index in [1.807, 2.05) is 0 Å². The number of amides is 2. The number of anilines is 3. The Morgan fingerprint density at radius 1 is 1.09 bits per heavy atom. The lowest BCUT2D eigenvalue weighted by atomic mass is 9.91. The van der Waals surface area contributed by atoms with E-state index in [-0.39, 0.29) is 5.82 Å². The first-order valence-electron chi connectivity index (χ1n) is 10.1. The molecule has 2 atom stereocenters. The van der Waals surface area contributed by atoms with E-state index in [9.17, 15) is 9.18 Å². The number of pyridine rings is 1. The Balaban J connectivity index is 1.55. The van der Waals surface area contributed by atoms with Crippen molar-refractivity contribution in [3.8, 4) is 17.2 Å². The van der Waals surface area contributed by atoms with Crippen molar-refractivity contribution in [1.29, 1.82) is 0 Å². The molecule has 1 saturated carbocycles. The molecule has 12 heteroatoms. The monoisotopic (exact) mass is 474 g/mol. The molecule has 2 N–H and O–H groups in total. The summed E-state index contributed by atoms with van der Waals surface area (Å²) < 4.78 is 30.7. The molecule has 2 aromatic heterocycles. The third kappa shape index (κ3) is 4.65. The summed E-state index contributed by atoms with van der Waals surface area (Å²) in [5.74, 6) is 2.10. The molecule has 1 aromatic carbocycles. The number of nitrogens with zero attached hydrogens (tertiary/aromatic N) is 4. The number of rotatable bonds is 7. The second-order valence-electron chi connectivity index (χ2n) is 7.27. The van der Waals surface area contributed by atoms with Crippen LogP contribution in [0.3, 0.4) is 0 Å². The zero-order valence-corrected chi connectivity index (χ0v) is 19.1. The van der Waals surface area contributed by atoms with E-state index in [0.29, 0.717) is 52.8 Å². The zero-order chi connectivity index (χ0) is 23.5. The maximum Gasteiger partial charge on any atom is 0.333 e. The van der Waals surface area contributed by atoms with Gasteiger partial charge in [0.1, 0.15) is 17.5 Å². The van der Waals surface area contributed by atoms with Crippen molar-refractivity contribution in [3.63, 3.8) is 0 Å². The number of carbonyl (C=O) groups excluding carboxylic acids is 1. The van der Waals surface area contributed by atoms with Crippen LogP contribution < -0.4 is 24.8 Å². The largest absolute Gasteiger partial charge is 0.493 e. The number of alkyl halides is 1. The molecule has 2 heterocycles. The van der Waals surface area contributed by atoms with Crippen molar-refractivity contribution in [3.05, 3.63) is 30.5 Å². The van der Waals surface area contributed by atoms with Gasteiger partial charge in [-0.3, -0.25) is 9.62 Å². The molecular weight excluding hydrogens is 451 g/mol. The molecule has 1 aliphatic carbocycles. The number of carbonyl (C=O) groups is 1. The van der Waals surface area contributed by atoms with Crippen LogP contribution in [0.25, 0.3) is 11.2 Å². The molecule has 3 aromatic rings. The minimum Gasteiger partial charge on any atom is -0.493 e. The number of hydrogen-bond donors (Lipinski definition) is 3. The Kier molecular flexibility index (Phi) is 6.54. The first kappa shape index (κ1) is 22.6. The van der Waals surface area contributed by atoms with E-state index >= 15 is 0 Å². The zero-order valence-electron chi connectivity index (χ0n) is 18.2. The van der Waals surface area contributed by atoms with E-state index in [1.165, 1.54) is 21.3 Å². The third-order valence-electron chi connectivity index (χ3n) is 5.26. The van der Waals surface area contributed by atoms with Crippen molar-refractivity contribution < 1.29 is 23.4 Å². The molecule has 2 amide bonds. The van der Waals surface area contributed by atoms with Crippen LogP contribution in [0.1, 0.15) is 12.8 Å². The van der Waals surface area contributed by atoms with E-state index in [1.54, 1.807) is 30.5 Å². The van der Waals surface area contributed by atoms with Crippen LogP contribution in [-0.2, 0) is 0 Å². The SMILES string of the molecule is COc1cc(Nc2cnc3ccc(NC(=O)N(S)C4CCC4F)nc3n2)cc(OC)c1OC. The topological polar surface area (TPSA) is 111 Å². The third-order valence-corrected chi connectivity index (χ3v) is 5.74. The molecule has 33 heavy (non-hydrogen) atoms. The molecule has 1 fully saturated rings. The number of ether oxygens (including phenoxy) is 3. The highest BCUT2D eigenvalue weighted by molar-refractivity contribution is 7.78. The molecule has 1 aliphatic rings. The summed E-state index contributed by atoms with van der Waals surface area (Å²) in [7, 11) is 4.59. The van der Waals surface area contributed by atoms with Gasteiger partial charge >= 0.3 is 6.03 Å². The first-order valence-corrected chi connectivity index (χ1v) is 10.5. The van der Waals surface area contributed by atoms with Crippen LogP contribution in [-0.4, -0.2) is 58.8 Å². The standard InChI is InChI=1S/C21H23FN6O4S/c1-30-15-8-11(9-16(31-2)19(15)32-3)24-18-10-23-13-5-7-17(25-20(13)26-18)27-21(29)28(33)14-6-4-12(14)22/h5,7-10,12,14,33H,4,6H2,1-3H3,(H2,24,25,26,27,29). The second-order valence-corrected chi connectivity index (χ2v) is 7.70. The molecule has 2 unspecified atom stereocenters. The summed E-state index contributed by atoms with van der Waals surface area (Å²) >= 11 is 4.12. The number of methoxy groups -OCH3 is 3. The number of halogens is 1. The number of benzene rings is 1. The lowest BCUT2D eigenvalue weighted by Gasteiger charge is -2.36. The van der Waals surface area contributed by atoms with E-state index < -0.39 is 18.2 Å². The van der Waals surface area contributed by atoms with Gasteiger partial charge in [0, 0.05) is 17.8 Å². The number of urea groups is 1. The fraction of sp³-hybridized carbons (Fsp3) is 0.333. The Hall–Kier alpha value is -3.54. The van der Waals surface area contributed by atoms with Crippen LogP contribution in [0.2, 0.25) is 0 Å². The molecule has 0 aliphatic heterocycles. The number of thiol groups is 1. The number of nitrogens with one attached hydrogen (secondary N) is 2. The van der Waals surface area contributed by atoms with Crippen LogP contribution in [0.4, 0.5) is 26.5 Å². The minimum atomic E-state index is -1.06. The summed E-state index contributed by atoms with van der Waals surface area (Å²) in [4.78, 5) is 25.5. The average Bonchev–Trinajstić information content (AvgIpc) is 2.82. The van der Waals surface area contributed by atoms with Crippen molar-refractivity contribution in [1.82, 2.24) is 19.3 Å². The molecule has 0 saturated heterocycles. The smallest absolute Gasteiger partial charge is 0.333 e. The van der Waals surface area contributed by atoms with Gasteiger partial charge in [-0.25, -0.2) is 24.1 Å². The van der Waals surface area contributed by atoms with Gasteiger partial charge in [0.15, 0.2) is 23.0 Å². The Labute approximate surface area is 195 Å². The average molecular weight is 475 g/mol. The highest BCUT2D eigenvalue weighted by Gasteiger charge is 2.37. The Morgan fingerprint density at radius 2 is 1.79 bits per heavy atom. The lowest BCUT2D eigenvalue weighted by molar-refractivity contribution is 0.108. The van der Waals surface area contributed by atoms with Crippen molar-refractivity contribution in [2.75, 3.05) is 32.0 Å². The normalized spacial score (nSPS) is 17.1. The molecule has 10 nitrogen and oxygen atoms in total. The van der Waals surface area contributed by atoms with Crippen LogP contribution in [0.5, 0.6) is 17.2 Å². The molecular formula is C21H23FN6O4S. The maximum atomic E-state index is 13.6. The highest BCUT2D eigenvalue weighted by atomic mass is 32.1. The summed E-state index contributed by atoms with van der Waals surface area (Å²) in [5.41, 5.74) is 1.48. The van der Waals surface area contributed by atoms with Gasteiger partial charge in [-0.1, -0.05) is 12.8 Å². The minimum absolute atomic E-state index is 0.250. The summed E-state index contributed by atoms with van der Waals surface area (Å²) in [6, 6.07) is 5.64. The van der Waals surface area contributed by atoms with Crippen molar-refractivity contribution in [2.45, 2.75) is 25.1 Å². The number of fused-ring (bicyclic) bond motifs is 1. The predicted octanol–water partition coefficient (Wildman–Crippen LogP) is 3.97. The molecule has 0 spiro atoms. The van der Waals surface area contributed by atoms with Gasteiger partial charge in [0.25, 0.3) is 0 Å². The Morgan fingerprint density at radius 3 is 2.36 bits per heavy atom. The quantitative estimate of drug-likeness (QED) is 0.441. The molecule has 174 valence electrons. The second kappa shape index (κ2) is 9.53. The van der Waals surface area contributed by atoms with Crippen molar-refractivity contribution >= 4 is 47.3 Å². The molecule has 0 bridgehead atoms. The van der Waals surface area contributed by atoms with Gasteiger partial charge in [-0.15, -0.1) is 0 Å².